The van der Waals surface area contributed by atoms with E-state index in [1.807, 2.05) is 30.3 Å². The Morgan fingerprint density at radius 1 is 1.04 bits per heavy atom. The maximum atomic E-state index is 13.6. The Balaban J connectivity index is 1.84. The Labute approximate surface area is 161 Å². The van der Waals surface area contributed by atoms with Gasteiger partial charge in [0.25, 0.3) is 5.91 Å². The van der Waals surface area contributed by atoms with Crippen molar-refractivity contribution in [3.05, 3.63) is 65.7 Å². The zero-order chi connectivity index (χ0) is 20.7. The van der Waals surface area contributed by atoms with Gasteiger partial charge in [-0.25, -0.2) is 17.2 Å². The molecule has 0 aliphatic rings. The molecule has 0 saturated heterocycles. The van der Waals surface area contributed by atoms with Gasteiger partial charge in [-0.1, -0.05) is 36.4 Å². The van der Waals surface area contributed by atoms with E-state index in [0.29, 0.717) is 6.54 Å². The van der Waals surface area contributed by atoms with E-state index < -0.39 is 51.6 Å². The maximum absolute atomic E-state index is 13.6. The second-order valence-corrected chi connectivity index (χ2v) is 7.48. The first-order chi connectivity index (χ1) is 13.2. The van der Waals surface area contributed by atoms with Crippen LogP contribution in [0.25, 0.3) is 0 Å². The van der Waals surface area contributed by atoms with E-state index in [9.17, 15) is 26.8 Å². The minimum atomic E-state index is -4.61. The van der Waals surface area contributed by atoms with E-state index >= 15 is 0 Å². The Hall–Kier alpha value is -2.85. The van der Waals surface area contributed by atoms with Crippen molar-refractivity contribution in [2.24, 2.45) is 0 Å². The van der Waals surface area contributed by atoms with Crippen LogP contribution in [0.15, 0.2) is 53.4 Å². The summed E-state index contributed by atoms with van der Waals surface area (Å²) in [7, 11) is -3.09. The topological polar surface area (TPSA) is 92.8 Å². The first-order valence-corrected chi connectivity index (χ1v) is 9.56. The van der Waals surface area contributed by atoms with Gasteiger partial charge in [-0.05, 0) is 17.7 Å². The Morgan fingerprint density at radius 3 is 2.25 bits per heavy atom. The average molecular weight is 412 g/mol. The summed E-state index contributed by atoms with van der Waals surface area (Å²) >= 11 is 0. The van der Waals surface area contributed by atoms with E-state index in [-0.39, 0.29) is 0 Å². The van der Waals surface area contributed by atoms with Gasteiger partial charge in [-0.15, -0.1) is 0 Å². The lowest BCUT2D eigenvalue weighted by Crippen LogP contribution is -2.35. The molecular weight excluding hydrogens is 394 g/mol. The zero-order valence-electron chi connectivity index (χ0n) is 14.9. The summed E-state index contributed by atoms with van der Waals surface area (Å²) in [5.74, 6) is -4.15. The van der Waals surface area contributed by atoms with Crippen molar-refractivity contribution in [2.45, 2.75) is 11.4 Å². The van der Waals surface area contributed by atoms with Crippen molar-refractivity contribution in [1.29, 1.82) is 0 Å². The lowest BCUT2D eigenvalue weighted by atomic mass is 10.2. The molecule has 0 bridgehead atoms. The third-order valence-corrected chi connectivity index (χ3v) is 5.09. The summed E-state index contributed by atoms with van der Waals surface area (Å²) < 4.78 is 57.5. The fraction of sp³-hybridized carbons (Fsp3) is 0.222. The third-order valence-electron chi connectivity index (χ3n) is 3.64. The number of nitrogens with zero attached hydrogens (tertiary/aromatic N) is 1. The molecule has 0 heterocycles. The van der Waals surface area contributed by atoms with Crippen LogP contribution in [0.2, 0.25) is 0 Å². The van der Waals surface area contributed by atoms with Crippen LogP contribution in [-0.4, -0.2) is 45.4 Å². The second kappa shape index (κ2) is 9.38. The van der Waals surface area contributed by atoms with E-state index in [4.69, 9.17) is 4.74 Å². The van der Waals surface area contributed by atoms with Crippen LogP contribution >= 0.6 is 0 Å². The van der Waals surface area contributed by atoms with Crippen molar-refractivity contribution in [2.75, 3.05) is 20.2 Å². The van der Waals surface area contributed by atoms with Crippen LogP contribution in [0.3, 0.4) is 0 Å². The molecule has 0 aromatic heterocycles. The van der Waals surface area contributed by atoms with Crippen molar-refractivity contribution >= 4 is 21.9 Å². The predicted octanol–water partition coefficient (Wildman–Crippen LogP) is 1.44. The first-order valence-electron chi connectivity index (χ1n) is 8.08. The van der Waals surface area contributed by atoms with Crippen molar-refractivity contribution < 1.29 is 31.5 Å². The minimum absolute atomic E-state index is 0.302. The highest BCUT2D eigenvalue weighted by atomic mass is 32.2. The third kappa shape index (κ3) is 5.83. The molecule has 2 aromatic rings. The molecule has 150 valence electrons. The summed E-state index contributed by atoms with van der Waals surface area (Å²) in [5.41, 5.74) is 0.879. The standard InChI is InChI=1S/C18H18F2N2O5S/c1-22(11-13-6-3-2-4-7-13)16(23)12-27-17(24)10-21-28(25,26)18-14(19)8-5-9-15(18)20/h2-9,21H,10-12H2,1H3. The van der Waals surface area contributed by atoms with Crippen LogP contribution in [0.4, 0.5) is 8.78 Å². The van der Waals surface area contributed by atoms with Gasteiger partial charge in [0.1, 0.15) is 18.2 Å². The SMILES string of the molecule is CN(Cc1ccccc1)C(=O)COC(=O)CNS(=O)(=O)c1c(F)cccc1F. The molecule has 0 aliphatic heterocycles. The number of nitrogens with one attached hydrogen (secondary N) is 1. The molecule has 0 saturated carbocycles. The molecule has 2 aromatic carbocycles. The fourth-order valence-electron chi connectivity index (χ4n) is 2.21. The van der Waals surface area contributed by atoms with Crippen LogP contribution in [0, 0.1) is 11.6 Å². The molecule has 7 nitrogen and oxygen atoms in total. The molecule has 1 amide bonds. The normalized spacial score (nSPS) is 11.1. The fourth-order valence-corrected chi connectivity index (χ4v) is 3.32. The molecule has 0 spiro atoms. The van der Waals surface area contributed by atoms with Crippen molar-refractivity contribution in [1.82, 2.24) is 9.62 Å². The molecule has 10 heteroatoms. The quantitative estimate of drug-likeness (QED) is 0.663. The molecule has 0 radical (unpaired) electrons. The van der Waals surface area contributed by atoms with Crippen molar-refractivity contribution in [3.8, 4) is 0 Å². The lowest BCUT2D eigenvalue weighted by Gasteiger charge is -2.17. The lowest BCUT2D eigenvalue weighted by molar-refractivity contribution is -0.150. The zero-order valence-corrected chi connectivity index (χ0v) is 15.7. The van der Waals surface area contributed by atoms with Gasteiger partial charge < -0.3 is 9.64 Å². The number of esters is 1. The number of ether oxygens (including phenoxy) is 1. The Morgan fingerprint density at radius 2 is 1.64 bits per heavy atom. The van der Waals surface area contributed by atoms with Gasteiger partial charge >= 0.3 is 5.97 Å². The summed E-state index contributed by atoms with van der Waals surface area (Å²) in [5, 5.41) is 0. The van der Waals surface area contributed by atoms with Crippen molar-refractivity contribution in [3.63, 3.8) is 0 Å². The largest absolute Gasteiger partial charge is 0.455 e. The van der Waals surface area contributed by atoms with Crippen LogP contribution in [-0.2, 0) is 30.9 Å². The highest BCUT2D eigenvalue weighted by Gasteiger charge is 2.24. The molecular formula is C18H18F2N2O5S. The van der Waals surface area contributed by atoms with Crippen LogP contribution in [0.5, 0.6) is 0 Å². The monoisotopic (exact) mass is 412 g/mol. The molecule has 0 aliphatic carbocycles. The molecule has 0 atom stereocenters. The molecule has 0 fully saturated rings. The van der Waals surface area contributed by atoms with Gasteiger partial charge in [-0.3, -0.25) is 9.59 Å². The van der Waals surface area contributed by atoms with E-state index in [2.05, 4.69) is 0 Å². The number of hydrogen-bond acceptors (Lipinski definition) is 5. The van der Waals surface area contributed by atoms with Crippen LogP contribution in [0.1, 0.15) is 5.56 Å². The van der Waals surface area contributed by atoms with E-state index in [1.54, 1.807) is 4.72 Å². The number of sulfonamides is 1. The second-order valence-electron chi connectivity index (χ2n) is 5.77. The number of carbonyl (C=O) groups is 2. The number of carbonyl (C=O) groups excluding carboxylic acids is 2. The summed E-state index contributed by atoms with van der Waals surface area (Å²) in [6.07, 6.45) is 0. The number of likely N-dealkylation sites (N-methyl/N-ethyl adjacent to an activating group) is 1. The van der Waals surface area contributed by atoms with E-state index in [0.717, 1.165) is 23.8 Å². The number of benzene rings is 2. The molecule has 0 unspecified atom stereocenters. The van der Waals surface area contributed by atoms with Gasteiger partial charge in [-0.2, -0.15) is 4.72 Å². The van der Waals surface area contributed by atoms with Gasteiger partial charge in [0, 0.05) is 13.6 Å². The number of hydrogen-bond donors (Lipinski definition) is 1. The highest BCUT2D eigenvalue weighted by Crippen LogP contribution is 2.17. The maximum Gasteiger partial charge on any atom is 0.321 e. The average Bonchev–Trinajstić information content (AvgIpc) is 2.65. The molecule has 1 N–H and O–H groups in total. The smallest absolute Gasteiger partial charge is 0.321 e. The van der Waals surface area contributed by atoms with Gasteiger partial charge in [0.2, 0.25) is 10.0 Å². The molecule has 2 rings (SSSR count). The number of amides is 1. The predicted molar refractivity (Wildman–Crippen MR) is 95.4 cm³/mol. The Kier molecular flexibility index (Phi) is 7.18. The summed E-state index contributed by atoms with van der Waals surface area (Å²) in [6.45, 7) is -1.18. The van der Waals surface area contributed by atoms with E-state index in [1.165, 1.54) is 11.9 Å². The summed E-state index contributed by atoms with van der Waals surface area (Å²) in [4.78, 5) is 23.8. The Bertz CT molecular complexity index is 931. The number of halogens is 2. The van der Waals surface area contributed by atoms with Crippen LogP contribution < -0.4 is 4.72 Å². The first kappa shape index (κ1) is 21.5. The highest BCUT2D eigenvalue weighted by molar-refractivity contribution is 7.89. The summed E-state index contributed by atoms with van der Waals surface area (Å²) in [6, 6.07) is 11.7. The van der Waals surface area contributed by atoms with Gasteiger partial charge in [0.05, 0.1) is 0 Å². The molecule has 28 heavy (non-hydrogen) atoms. The number of rotatable bonds is 8. The minimum Gasteiger partial charge on any atom is -0.455 e. The van der Waals surface area contributed by atoms with Gasteiger partial charge in [0.15, 0.2) is 11.5 Å².